The Morgan fingerprint density at radius 3 is 1.89 bits per heavy atom. The van der Waals surface area contributed by atoms with E-state index in [4.69, 9.17) is 25.6 Å². The third kappa shape index (κ3) is 3.59. The molecule has 0 aromatic carbocycles. The second kappa shape index (κ2) is 7.90. The Hall–Kier alpha value is -0.211. The first-order chi connectivity index (χ1) is 12.4. The number of nitrogens with zero attached hydrogens (tertiary/aromatic N) is 1. The minimum absolute atomic E-state index is 0.101. The van der Waals surface area contributed by atoms with Gasteiger partial charge in [0, 0.05) is 0 Å². The summed E-state index contributed by atoms with van der Waals surface area (Å²) in [6.07, 6.45) is -1.48. The molecule has 0 spiro atoms. The molecule has 1 unspecified atom stereocenters. The van der Waals surface area contributed by atoms with Crippen molar-refractivity contribution in [3.8, 4) is 6.07 Å². The molecule has 27 heavy (non-hydrogen) atoms. The molecule has 0 bridgehead atoms. The van der Waals surface area contributed by atoms with Crippen LogP contribution in [0.15, 0.2) is 0 Å². The minimum Gasteiger partial charge on any atom is -0.414 e. The zero-order valence-corrected chi connectivity index (χ0v) is 19.9. The largest absolute Gasteiger partial charge is 0.414 e. The van der Waals surface area contributed by atoms with E-state index in [1.54, 1.807) is 0 Å². The lowest BCUT2D eigenvalue weighted by Gasteiger charge is -2.51. The van der Waals surface area contributed by atoms with Crippen LogP contribution in [0.3, 0.4) is 0 Å². The Morgan fingerprint density at radius 1 is 1.00 bits per heavy atom. The monoisotopic (exact) mass is 411 g/mol. The van der Waals surface area contributed by atoms with Crippen molar-refractivity contribution < 1.29 is 22.8 Å². The fourth-order valence-electron chi connectivity index (χ4n) is 4.35. The van der Waals surface area contributed by atoms with Crippen LogP contribution >= 0.6 is 0 Å². The third-order valence-corrected chi connectivity index (χ3v) is 16.3. The van der Waals surface area contributed by atoms with Crippen LogP contribution in [0, 0.1) is 11.3 Å². The van der Waals surface area contributed by atoms with Crippen molar-refractivity contribution in [2.24, 2.45) is 0 Å². The van der Waals surface area contributed by atoms with Gasteiger partial charge in [0.1, 0.15) is 26.1 Å². The molecule has 0 aromatic heterocycles. The first kappa shape index (κ1) is 23.1. The van der Waals surface area contributed by atoms with Crippen LogP contribution in [-0.4, -0.2) is 60.5 Å². The van der Waals surface area contributed by atoms with E-state index in [-0.39, 0.29) is 28.8 Å². The summed E-state index contributed by atoms with van der Waals surface area (Å²) in [5.41, 5.74) is -1.29. The van der Waals surface area contributed by atoms with Gasteiger partial charge in [0.05, 0.1) is 12.6 Å². The summed E-state index contributed by atoms with van der Waals surface area (Å²) in [4.78, 5) is 0. The van der Waals surface area contributed by atoms with Crippen LogP contribution < -0.4 is 0 Å². The third-order valence-electron chi connectivity index (χ3n) is 6.03. The SMILES string of the molecule is [B][C@@H]1O[C@H]2CO[Si](C(C)C)(C(C)C)O[Si](C(C)C)(C(C)C)O[C@@H]2C1(O)C#N. The average molecular weight is 411 g/mol. The predicted octanol–water partition coefficient (Wildman–Crippen LogP) is 3.09. The highest BCUT2D eigenvalue weighted by atomic mass is 28.5. The molecule has 2 saturated heterocycles. The van der Waals surface area contributed by atoms with Gasteiger partial charge in [0.2, 0.25) is 0 Å². The van der Waals surface area contributed by atoms with E-state index in [1.165, 1.54) is 0 Å². The molecule has 2 heterocycles. The number of hydrogen-bond acceptors (Lipinski definition) is 6. The average Bonchev–Trinajstić information content (AvgIpc) is 2.78. The van der Waals surface area contributed by atoms with Crippen molar-refractivity contribution in [1.29, 1.82) is 5.26 Å². The van der Waals surface area contributed by atoms with E-state index >= 15 is 0 Å². The maximum atomic E-state index is 10.9. The van der Waals surface area contributed by atoms with Crippen LogP contribution in [0.1, 0.15) is 55.4 Å². The lowest BCUT2D eigenvalue weighted by atomic mass is 9.81. The number of fused-ring (bicyclic) bond motifs is 1. The summed E-state index contributed by atoms with van der Waals surface area (Å²) in [6.45, 7) is 17.1. The fraction of sp³-hybridized carbons (Fsp3) is 0.944. The number of hydrogen-bond donors (Lipinski definition) is 1. The van der Waals surface area contributed by atoms with Gasteiger partial charge in [0.15, 0.2) is 5.60 Å². The highest BCUT2D eigenvalue weighted by molar-refractivity contribution is 6.84. The summed E-state index contributed by atoms with van der Waals surface area (Å²) in [5, 5.41) is 20.5. The van der Waals surface area contributed by atoms with Crippen LogP contribution in [0.4, 0.5) is 0 Å². The quantitative estimate of drug-likeness (QED) is 0.566. The predicted molar refractivity (Wildman–Crippen MR) is 109 cm³/mol. The van der Waals surface area contributed by atoms with Gasteiger partial charge in [-0.15, -0.1) is 0 Å². The highest BCUT2D eigenvalue weighted by Crippen LogP contribution is 2.48. The molecular formula is C18H34BNO5Si2. The van der Waals surface area contributed by atoms with Gasteiger partial charge in [-0.05, 0) is 22.2 Å². The van der Waals surface area contributed by atoms with E-state index < -0.39 is 40.9 Å². The van der Waals surface area contributed by atoms with Gasteiger partial charge in [-0.25, -0.2) is 0 Å². The summed E-state index contributed by atoms with van der Waals surface area (Å²) in [6, 6.07) is 0.783. The van der Waals surface area contributed by atoms with E-state index in [9.17, 15) is 10.4 Å². The number of ether oxygens (including phenoxy) is 1. The van der Waals surface area contributed by atoms with Gasteiger partial charge in [-0.1, -0.05) is 55.4 Å². The second-order valence-corrected chi connectivity index (χ2v) is 17.9. The molecule has 0 aromatic rings. The molecule has 4 atom stereocenters. The summed E-state index contributed by atoms with van der Waals surface area (Å²) in [7, 11) is 0.390. The van der Waals surface area contributed by atoms with E-state index in [2.05, 4.69) is 55.4 Å². The van der Waals surface area contributed by atoms with Crippen LogP contribution in [-0.2, 0) is 17.7 Å². The first-order valence-electron chi connectivity index (χ1n) is 9.94. The smallest absolute Gasteiger partial charge is 0.335 e. The van der Waals surface area contributed by atoms with Crippen molar-refractivity contribution in [3.05, 3.63) is 0 Å². The summed E-state index contributed by atoms with van der Waals surface area (Å²) in [5.74, 6) is 0. The van der Waals surface area contributed by atoms with Gasteiger partial charge in [-0.3, -0.25) is 0 Å². The second-order valence-electron chi connectivity index (χ2n) is 9.05. The summed E-state index contributed by atoms with van der Waals surface area (Å²) < 4.78 is 25.9. The van der Waals surface area contributed by atoms with Crippen LogP contribution in [0.2, 0.25) is 22.2 Å². The van der Waals surface area contributed by atoms with Crippen LogP contribution in [0.5, 0.6) is 0 Å². The molecule has 2 aliphatic rings. The molecule has 9 heteroatoms. The Balaban J connectivity index is 2.62. The summed E-state index contributed by atoms with van der Waals surface area (Å²) >= 11 is 0. The fourth-order valence-corrected chi connectivity index (χ4v) is 15.6. The molecule has 2 aliphatic heterocycles. The minimum atomic E-state index is -2.91. The topological polar surface area (TPSA) is 80.9 Å². The van der Waals surface area contributed by atoms with Gasteiger partial charge in [0.25, 0.3) is 0 Å². The zero-order chi connectivity index (χ0) is 20.8. The Bertz CT molecular complexity index is 567. The molecule has 152 valence electrons. The van der Waals surface area contributed by atoms with Crippen molar-refractivity contribution in [2.75, 3.05) is 6.61 Å². The molecule has 1 N–H and O–H groups in total. The van der Waals surface area contributed by atoms with Gasteiger partial charge >= 0.3 is 17.1 Å². The first-order valence-corrected chi connectivity index (χ1v) is 13.9. The molecule has 2 radical (unpaired) electrons. The number of aliphatic hydroxyl groups is 1. The zero-order valence-electron chi connectivity index (χ0n) is 17.9. The normalized spacial score (nSPS) is 35.9. The highest BCUT2D eigenvalue weighted by Gasteiger charge is 2.64. The van der Waals surface area contributed by atoms with E-state index in [0.717, 1.165) is 0 Å². The Morgan fingerprint density at radius 2 is 1.48 bits per heavy atom. The Labute approximate surface area is 167 Å². The molecule has 2 rings (SSSR count). The molecule has 2 fully saturated rings. The standard InChI is InChI=1S/C18H34BNO5Si2/c1-11(2)26(12(3)4)22-9-15-16(18(21,10-20)17(19)23-15)24-27(25-26,13(5)6)14(7)8/h11-17,21H,9H2,1-8H3/t15-,16-,17+,18?/m0/s1. The van der Waals surface area contributed by atoms with Crippen molar-refractivity contribution in [1.82, 2.24) is 0 Å². The Kier molecular flexibility index (Phi) is 6.75. The van der Waals surface area contributed by atoms with E-state index in [1.807, 2.05) is 6.07 Å². The molecule has 6 nitrogen and oxygen atoms in total. The molecule has 0 amide bonds. The molecular weight excluding hydrogens is 377 g/mol. The van der Waals surface area contributed by atoms with Crippen molar-refractivity contribution in [3.63, 3.8) is 0 Å². The molecule has 0 aliphatic carbocycles. The number of nitriles is 1. The van der Waals surface area contributed by atoms with Crippen molar-refractivity contribution in [2.45, 2.75) is 101 Å². The maximum Gasteiger partial charge on any atom is 0.335 e. The van der Waals surface area contributed by atoms with Crippen LogP contribution in [0.25, 0.3) is 0 Å². The van der Waals surface area contributed by atoms with Gasteiger partial charge in [-0.2, -0.15) is 5.26 Å². The maximum absolute atomic E-state index is 10.9. The van der Waals surface area contributed by atoms with E-state index in [0.29, 0.717) is 0 Å². The molecule has 0 saturated carbocycles. The van der Waals surface area contributed by atoms with Crippen molar-refractivity contribution >= 4 is 25.0 Å². The lowest BCUT2D eigenvalue weighted by Crippen LogP contribution is -2.67. The van der Waals surface area contributed by atoms with Gasteiger partial charge < -0.3 is 22.8 Å². The lowest BCUT2D eigenvalue weighted by molar-refractivity contribution is -0.0443. The number of rotatable bonds is 4.